The molecular formula is C26H23ClN2O2. The third-order valence-electron chi connectivity index (χ3n) is 5.91. The summed E-state index contributed by atoms with van der Waals surface area (Å²) in [5.74, 6) is 0.761. The molecule has 1 atom stereocenters. The van der Waals surface area contributed by atoms with Crippen molar-refractivity contribution in [2.45, 2.75) is 19.4 Å². The lowest BCUT2D eigenvalue weighted by Gasteiger charge is -2.36. The zero-order valence-corrected chi connectivity index (χ0v) is 18.0. The fourth-order valence-corrected chi connectivity index (χ4v) is 4.73. The molecule has 0 spiro atoms. The number of para-hydroxylation sites is 1. The van der Waals surface area contributed by atoms with Crippen molar-refractivity contribution in [3.8, 4) is 5.75 Å². The van der Waals surface area contributed by atoms with Gasteiger partial charge >= 0.3 is 0 Å². The number of halogens is 1. The molecule has 1 aliphatic heterocycles. The number of rotatable bonds is 4. The van der Waals surface area contributed by atoms with E-state index in [0.29, 0.717) is 23.7 Å². The van der Waals surface area contributed by atoms with E-state index in [0.717, 1.165) is 28.9 Å². The molecule has 4 nitrogen and oxygen atoms in total. The van der Waals surface area contributed by atoms with Crippen molar-refractivity contribution in [3.05, 3.63) is 100 Å². The van der Waals surface area contributed by atoms with Gasteiger partial charge in [0.05, 0.1) is 23.2 Å². The van der Waals surface area contributed by atoms with E-state index in [2.05, 4.69) is 23.2 Å². The highest BCUT2D eigenvalue weighted by atomic mass is 35.5. The maximum Gasteiger partial charge on any atom is 0.256 e. The van der Waals surface area contributed by atoms with E-state index in [4.69, 9.17) is 16.3 Å². The summed E-state index contributed by atoms with van der Waals surface area (Å²) >= 11 is 6.38. The van der Waals surface area contributed by atoms with Crippen LogP contribution >= 0.6 is 11.6 Å². The second-order valence-electron chi connectivity index (χ2n) is 7.70. The number of fused-ring (bicyclic) bond motifs is 3. The summed E-state index contributed by atoms with van der Waals surface area (Å²) in [7, 11) is 0. The van der Waals surface area contributed by atoms with Gasteiger partial charge in [-0.15, -0.1) is 0 Å². The number of carbonyl (C=O) groups excluding carboxylic acids is 1. The molecule has 0 aliphatic carbocycles. The summed E-state index contributed by atoms with van der Waals surface area (Å²) in [5, 5.41) is 1.69. The quantitative estimate of drug-likeness (QED) is 0.431. The normalized spacial score (nSPS) is 15.7. The molecule has 4 aromatic rings. The van der Waals surface area contributed by atoms with Crippen LogP contribution in [0.25, 0.3) is 10.9 Å². The number of nitrogens with one attached hydrogen (secondary N) is 1. The first-order valence-electron chi connectivity index (χ1n) is 10.5. The molecular weight excluding hydrogens is 408 g/mol. The number of H-pyrrole nitrogens is 1. The SMILES string of the molecule is CCOc1ccc([C@H]2c3[nH]c4ccccc4c3CCN2C(=O)c2ccccc2Cl)cc1. The van der Waals surface area contributed by atoms with E-state index in [9.17, 15) is 4.79 Å². The third kappa shape index (κ3) is 3.47. The fraction of sp³-hybridized carbons (Fsp3) is 0.192. The van der Waals surface area contributed by atoms with Gasteiger partial charge in [0.1, 0.15) is 5.75 Å². The molecule has 3 aromatic carbocycles. The summed E-state index contributed by atoms with van der Waals surface area (Å²) in [6.45, 7) is 3.21. The minimum Gasteiger partial charge on any atom is -0.494 e. The molecule has 2 heterocycles. The molecule has 0 saturated carbocycles. The Hall–Kier alpha value is -3.24. The Morgan fingerprint density at radius 3 is 2.58 bits per heavy atom. The lowest BCUT2D eigenvalue weighted by molar-refractivity contribution is 0.0692. The second-order valence-corrected chi connectivity index (χ2v) is 8.10. The Balaban J connectivity index is 1.64. The van der Waals surface area contributed by atoms with Crippen molar-refractivity contribution in [2.75, 3.05) is 13.2 Å². The number of nitrogens with zero attached hydrogens (tertiary/aromatic N) is 1. The van der Waals surface area contributed by atoms with Gasteiger partial charge in [0.15, 0.2) is 0 Å². The first-order valence-corrected chi connectivity index (χ1v) is 10.9. The smallest absolute Gasteiger partial charge is 0.256 e. The van der Waals surface area contributed by atoms with Gasteiger partial charge in [-0.1, -0.05) is 54.1 Å². The van der Waals surface area contributed by atoms with Crippen LogP contribution in [0.4, 0.5) is 0 Å². The molecule has 156 valence electrons. The van der Waals surface area contributed by atoms with Crippen molar-refractivity contribution in [1.82, 2.24) is 9.88 Å². The molecule has 0 saturated heterocycles. The molecule has 0 bridgehead atoms. The topological polar surface area (TPSA) is 45.3 Å². The molecule has 5 rings (SSSR count). The summed E-state index contributed by atoms with van der Waals surface area (Å²) in [6.07, 6.45) is 0.795. The van der Waals surface area contributed by atoms with Gasteiger partial charge in [0.2, 0.25) is 0 Å². The highest BCUT2D eigenvalue weighted by Crippen LogP contribution is 2.39. The Bertz CT molecular complexity index is 1250. The van der Waals surface area contributed by atoms with E-state index in [1.54, 1.807) is 12.1 Å². The predicted octanol–water partition coefficient (Wildman–Crippen LogP) is 6.01. The standard InChI is InChI=1S/C26H23ClN2O2/c1-2-31-18-13-11-17(12-14-18)25-24-20(19-7-4-6-10-23(19)28-24)15-16-29(25)26(30)21-8-3-5-9-22(21)27/h3-14,25,28H,2,15-16H2,1H3/t25-/m0/s1. The molecule has 31 heavy (non-hydrogen) atoms. The average Bonchev–Trinajstić information content (AvgIpc) is 3.18. The van der Waals surface area contributed by atoms with Gasteiger partial charge in [-0.25, -0.2) is 0 Å². The van der Waals surface area contributed by atoms with Gasteiger partial charge in [0, 0.05) is 23.1 Å². The van der Waals surface area contributed by atoms with Gasteiger partial charge in [-0.05, 0) is 54.8 Å². The van der Waals surface area contributed by atoms with Crippen molar-refractivity contribution >= 4 is 28.4 Å². The van der Waals surface area contributed by atoms with Crippen LogP contribution in [0, 0.1) is 0 Å². The molecule has 0 radical (unpaired) electrons. The molecule has 0 unspecified atom stereocenters. The highest BCUT2D eigenvalue weighted by Gasteiger charge is 2.35. The number of ether oxygens (including phenoxy) is 1. The van der Waals surface area contributed by atoms with E-state index in [1.807, 2.05) is 54.3 Å². The van der Waals surface area contributed by atoms with E-state index >= 15 is 0 Å². The summed E-state index contributed by atoms with van der Waals surface area (Å²) in [4.78, 5) is 19.1. The number of aromatic amines is 1. The molecule has 0 fully saturated rings. The number of amides is 1. The van der Waals surface area contributed by atoms with Crippen molar-refractivity contribution in [2.24, 2.45) is 0 Å². The number of carbonyl (C=O) groups is 1. The first-order chi connectivity index (χ1) is 15.2. The zero-order chi connectivity index (χ0) is 21.4. The van der Waals surface area contributed by atoms with Crippen LogP contribution in [0.2, 0.25) is 5.02 Å². The van der Waals surface area contributed by atoms with E-state index in [1.165, 1.54) is 10.9 Å². The van der Waals surface area contributed by atoms with E-state index in [-0.39, 0.29) is 11.9 Å². The van der Waals surface area contributed by atoms with Crippen LogP contribution in [-0.4, -0.2) is 28.9 Å². The number of hydrogen-bond acceptors (Lipinski definition) is 2. The van der Waals surface area contributed by atoms with Crippen molar-refractivity contribution < 1.29 is 9.53 Å². The number of aromatic nitrogens is 1. The Labute approximate surface area is 186 Å². The van der Waals surface area contributed by atoms with Crippen LogP contribution in [0.5, 0.6) is 5.75 Å². The number of hydrogen-bond donors (Lipinski definition) is 1. The van der Waals surface area contributed by atoms with Gasteiger partial charge in [-0.2, -0.15) is 0 Å². The molecule has 1 amide bonds. The second kappa shape index (κ2) is 8.12. The monoisotopic (exact) mass is 430 g/mol. The van der Waals surface area contributed by atoms with Gasteiger partial charge < -0.3 is 14.6 Å². The lowest BCUT2D eigenvalue weighted by Crippen LogP contribution is -2.40. The maximum atomic E-state index is 13.6. The largest absolute Gasteiger partial charge is 0.494 e. The van der Waals surface area contributed by atoms with Crippen LogP contribution < -0.4 is 4.74 Å². The van der Waals surface area contributed by atoms with Gasteiger partial charge in [0.25, 0.3) is 5.91 Å². The first kappa shape index (κ1) is 19.7. The summed E-state index contributed by atoms with van der Waals surface area (Å²) in [6, 6.07) is 23.4. The molecule has 5 heteroatoms. The molecule has 1 aromatic heterocycles. The van der Waals surface area contributed by atoms with Crippen LogP contribution in [0.15, 0.2) is 72.8 Å². The van der Waals surface area contributed by atoms with Crippen molar-refractivity contribution in [1.29, 1.82) is 0 Å². The van der Waals surface area contributed by atoms with E-state index < -0.39 is 0 Å². The van der Waals surface area contributed by atoms with Crippen LogP contribution in [-0.2, 0) is 6.42 Å². The van der Waals surface area contributed by atoms with Crippen LogP contribution in [0.3, 0.4) is 0 Å². The Kier molecular flexibility index (Phi) is 5.16. The Morgan fingerprint density at radius 1 is 1.06 bits per heavy atom. The Morgan fingerprint density at radius 2 is 1.81 bits per heavy atom. The summed E-state index contributed by atoms with van der Waals surface area (Å²) < 4.78 is 5.62. The maximum absolute atomic E-state index is 13.6. The van der Waals surface area contributed by atoms with Gasteiger partial charge in [-0.3, -0.25) is 4.79 Å². The minimum atomic E-state index is -0.226. The van der Waals surface area contributed by atoms with Crippen LogP contribution in [0.1, 0.15) is 40.1 Å². The number of benzene rings is 3. The highest BCUT2D eigenvalue weighted by molar-refractivity contribution is 6.33. The summed E-state index contributed by atoms with van der Waals surface area (Å²) in [5.41, 5.74) is 5.00. The lowest BCUT2D eigenvalue weighted by atomic mass is 9.91. The predicted molar refractivity (Wildman–Crippen MR) is 124 cm³/mol. The fourth-order valence-electron chi connectivity index (χ4n) is 4.51. The molecule has 1 aliphatic rings. The van der Waals surface area contributed by atoms with Crippen molar-refractivity contribution in [3.63, 3.8) is 0 Å². The minimum absolute atomic E-state index is 0.0613. The average molecular weight is 431 g/mol. The third-order valence-corrected chi connectivity index (χ3v) is 6.24. The zero-order valence-electron chi connectivity index (χ0n) is 17.3. The molecule has 1 N–H and O–H groups in total.